The second-order valence-electron chi connectivity index (χ2n) is 6.42. The molecule has 0 bridgehead atoms. The van der Waals surface area contributed by atoms with Crippen LogP contribution < -0.4 is 10.1 Å². The zero-order valence-corrected chi connectivity index (χ0v) is 17.4. The minimum atomic E-state index is -0.0888. The number of hydrogen-bond acceptors (Lipinski definition) is 5. The fraction of sp³-hybridized carbons (Fsp3) is 0.333. The van der Waals surface area contributed by atoms with Gasteiger partial charge in [0.1, 0.15) is 5.75 Å². The Bertz CT molecular complexity index is 944. The normalized spacial score (nSPS) is 10.9. The van der Waals surface area contributed by atoms with E-state index in [1.165, 1.54) is 0 Å². The minimum absolute atomic E-state index is 0.0888. The molecule has 148 valence electrons. The first-order valence-electron chi connectivity index (χ1n) is 9.11. The highest BCUT2D eigenvalue weighted by molar-refractivity contribution is 7.09. The summed E-state index contributed by atoms with van der Waals surface area (Å²) in [6, 6.07) is 9.70. The maximum atomic E-state index is 12.8. The van der Waals surface area contributed by atoms with E-state index in [4.69, 9.17) is 9.47 Å². The molecule has 0 saturated carbocycles. The van der Waals surface area contributed by atoms with Crippen LogP contribution in [0.25, 0.3) is 17.1 Å². The van der Waals surface area contributed by atoms with Crippen molar-refractivity contribution in [3.05, 3.63) is 52.0 Å². The zero-order chi connectivity index (χ0) is 20.1. The zero-order valence-electron chi connectivity index (χ0n) is 16.6. The summed E-state index contributed by atoms with van der Waals surface area (Å²) < 4.78 is 12.4. The maximum Gasteiger partial charge on any atom is 0.253 e. The highest BCUT2D eigenvalue weighted by Gasteiger charge is 2.20. The molecular weight excluding hydrogens is 374 g/mol. The van der Waals surface area contributed by atoms with Crippen LogP contribution in [0.15, 0.2) is 35.7 Å². The predicted molar refractivity (Wildman–Crippen MR) is 112 cm³/mol. The van der Waals surface area contributed by atoms with Crippen molar-refractivity contribution < 1.29 is 14.3 Å². The fourth-order valence-electron chi connectivity index (χ4n) is 3.08. The van der Waals surface area contributed by atoms with E-state index >= 15 is 0 Å². The van der Waals surface area contributed by atoms with Crippen LogP contribution in [0.3, 0.4) is 0 Å². The molecule has 2 heterocycles. The Labute approximate surface area is 169 Å². The molecule has 28 heavy (non-hydrogen) atoms. The van der Waals surface area contributed by atoms with E-state index in [0.29, 0.717) is 18.7 Å². The maximum absolute atomic E-state index is 12.8. The van der Waals surface area contributed by atoms with Gasteiger partial charge in [-0.3, -0.25) is 4.79 Å². The molecule has 0 aliphatic rings. The molecule has 1 amide bonds. The Hall–Kier alpha value is -2.64. The van der Waals surface area contributed by atoms with Crippen molar-refractivity contribution in [3.8, 4) is 22.8 Å². The van der Waals surface area contributed by atoms with Crippen molar-refractivity contribution in [3.63, 3.8) is 0 Å². The van der Waals surface area contributed by atoms with Crippen molar-refractivity contribution in [2.75, 3.05) is 27.4 Å². The van der Waals surface area contributed by atoms with E-state index < -0.39 is 0 Å². The van der Waals surface area contributed by atoms with Gasteiger partial charge in [-0.05, 0) is 50.6 Å². The molecule has 6 nitrogen and oxygen atoms in total. The van der Waals surface area contributed by atoms with Gasteiger partial charge in [0, 0.05) is 37.0 Å². The number of nitrogens with one attached hydrogen (secondary N) is 1. The van der Waals surface area contributed by atoms with E-state index in [1.54, 1.807) is 25.6 Å². The smallest absolute Gasteiger partial charge is 0.253 e. The van der Waals surface area contributed by atoms with Gasteiger partial charge >= 0.3 is 0 Å². The van der Waals surface area contributed by atoms with Crippen molar-refractivity contribution in [1.82, 2.24) is 14.9 Å². The SMILES string of the molecule is COCCCNC(=O)c1cc(-c2csc(C)n2)n(-c2ccc(OC)cc2)c1C. The molecule has 3 rings (SSSR count). The van der Waals surface area contributed by atoms with E-state index in [1.807, 2.05) is 49.6 Å². The number of benzene rings is 1. The standard InChI is InChI=1S/C21H25N3O3S/c1-14-18(21(25)22-10-5-11-26-3)12-20(19-13-28-15(2)23-19)24(14)16-6-8-17(27-4)9-7-16/h6-9,12-13H,5,10-11H2,1-4H3,(H,22,25). The van der Waals surface area contributed by atoms with E-state index in [2.05, 4.69) is 14.9 Å². The number of carbonyl (C=O) groups excluding carboxylic acids is 1. The number of rotatable bonds is 8. The topological polar surface area (TPSA) is 65.4 Å². The van der Waals surface area contributed by atoms with Crippen LogP contribution in [-0.4, -0.2) is 42.8 Å². The van der Waals surface area contributed by atoms with Gasteiger partial charge in [-0.1, -0.05) is 0 Å². The summed E-state index contributed by atoms with van der Waals surface area (Å²) in [5, 5.41) is 5.98. The van der Waals surface area contributed by atoms with Gasteiger partial charge in [-0.2, -0.15) is 0 Å². The number of carbonyl (C=O) groups is 1. The number of aryl methyl sites for hydroxylation is 1. The van der Waals surface area contributed by atoms with Gasteiger partial charge in [-0.25, -0.2) is 4.98 Å². The van der Waals surface area contributed by atoms with Crippen molar-refractivity contribution in [2.45, 2.75) is 20.3 Å². The highest BCUT2D eigenvalue weighted by atomic mass is 32.1. The van der Waals surface area contributed by atoms with Crippen molar-refractivity contribution in [1.29, 1.82) is 0 Å². The second kappa shape index (κ2) is 9.03. The first kappa shape index (κ1) is 20.1. The number of thiazole rings is 1. The first-order valence-corrected chi connectivity index (χ1v) is 9.99. The number of amides is 1. The molecular formula is C21H25N3O3S. The Morgan fingerprint density at radius 2 is 1.96 bits per heavy atom. The third-order valence-corrected chi connectivity index (χ3v) is 5.29. The quantitative estimate of drug-likeness (QED) is 0.582. The van der Waals surface area contributed by atoms with Crippen LogP contribution in [0.4, 0.5) is 0 Å². The van der Waals surface area contributed by atoms with Crippen molar-refractivity contribution in [2.24, 2.45) is 0 Å². The van der Waals surface area contributed by atoms with E-state index in [9.17, 15) is 4.79 Å². The molecule has 2 aromatic heterocycles. The van der Waals surface area contributed by atoms with E-state index in [-0.39, 0.29) is 5.91 Å². The van der Waals surface area contributed by atoms with Gasteiger partial charge in [0.05, 0.1) is 29.1 Å². The molecule has 0 fully saturated rings. The third kappa shape index (κ3) is 4.26. The molecule has 1 N–H and O–H groups in total. The monoisotopic (exact) mass is 399 g/mol. The molecule has 0 saturated heterocycles. The number of aromatic nitrogens is 2. The average molecular weight is 400 g/mol. The van der Waals surface area contributed by atoms with Crippen LogP contribution >= 0.6 is 11.3 Å². The number of nitrogens with zero attached hydrogens (tertiary/aromatic N) is 2. The molecule has 0 atom stereocenters. The molecule has 3 aromatic rings. The van der Waals surface area contributed by atoms with Crippen LogP contribution in [0.5, 0.6) is 5.75 Å². The summed E-state index contributed by atoms with van der Waals surface area (Å²) in [6.07, 6.45) is 0.776. The molecule has 0 aliphatic heterocycles. The number of methoxy groups -OCH3 is 2. The average Bonchev–Trinajstić information content (AvgIpc) is 3.28. The minimum Gasteiger partial charge on any atom is -0.497 e. The van der Waals surface area contributed by atoms with Gasteiger partial charge in [0.25, 0.3) is 5.91 Å². The third-order valence-electron chi connectivity index (χ3n) is 4.51. The molecule has 0 aliphatic carbocycles. The molecule has 0 spiro atoms. The lowest BCUT2D eigenvalue weighted by molar-refractivity contribution is 0.0948. The summed E-state index contributed by atoms with van der Waals surface area (Å²) in [5.74, 6) is 0.699. The Kier molecular flexibility index (Phi) is 6.49. The summed E-state index contributed by atoms with van der Waals surface area (Å²) in [4.78, 5) is 17.4. The largest absolute Gasteiger partial charge is 0.497 e. The Morgan fingerprint density at radius 1 is 1.21 bits per heavy atom. The van der Waals surface area contributed by atoms with E-state index in [0.717, 1.165) is 39.9 Å². The second-order valence-corrected chi connectivity index (χ2v) is 7.48. The van der Waals surface area contributed by atoms with Gasteiger partial charge in [0.15, 0.2) is 0 Å². The highest BCUT2D eigenvalue weighted by Crippen LogP contribution is 2.31. The lowest BCUT2D eigenvalue weighted by atomic mass is 10.2. The molecule has 7 heteroatoms. The van der Waals surface area contributed by atoms with Gasteiger partial charge in [-0.15, -0.1) is 11.3 Å². The van der Waals surface area contributed by atoms with Crippen LogP contribution in [0.2, 0.25) is 0 Å². The Morgan fingerprint density at radius 3 is 2.57 bits per heavy atom. The summed E-state index contributed by atoms with van der Waals surface area (Å²) >= 11 is 1.59. The first-order chi connectivity index (χ1) is 13.5. The van der Waals surface area contributed by atoms with Gasteiger partial charge in [0.2, 0.25) is 0 Å². The lowest BCUT2D eigenvalue weighted by Crippen LogP contribution is -2.25. The van der Waals surface area contributed by atoms with Crippen LogP contribution in [0, 0.1) is 13.8 Å². The number of ether oxygens (including phenoxy) is 2. The molecule has 0 radical (unpaired) electrons. The lowest BCUT2D eigenvalue weighted by Gasteiger charge is -2.12. The predicted octanol–water partition coefficient (Wildman–Crippen LogP) is 3.99. The summed E-state index contributed by atoms with van der Waals surface area (Å²) in [7, 11) is 3.30. The van der Waals surface area contributed by atoms with Crippen molar-refractivity contribution >= 4 is 17.2 Å². The van der Waals surface area contributed by atoms with Crippen LogP contribution in [-0.2, 0) is 4.74 Å². The summed E-state index contributed by atoms with van der Waals surface area (Å²) in [6.45, 7) is 5.13. The Balaban J connectivity index is 2.00. The van der Waals surface area contributed by atoms with Crippen LogP contribution in [0.1, 0.15) is 27.5 Å². The number of hydrogen-bond donors (Lipinski definition) is 1. The molecule has 1 aromatic carbocycles. The fourth-order valence-corrected chi connectivity index (χ4v) is 3.69. The molecule has 0 unspecified atom stereocenters. The van der Waals surface area contributed by atoms with Gasteiger partial charge < -0.3 is 19.4 Å². The summed E-state index contributed by atoms with van der Waals surface area (Å²) in [5.41, 5.74) is 4.23.